The van der Waals surface area contributed by atoms with Crippen LogP contribution in [0.3, 0.4) is 0 Å². The average molecular weight is 425 g/mol. The van der Waals surface area contributed by atoms with E-state index < -0.39 is 0 Å². The topological polar surface area (TPSA) is 50.8 Å². The Morgan fingerprint density at radius 2 is 1.90 bits per heavy atom. The summed E-state index contributed by atoms with van der Waals surface area (Å²) in [5.74, 6) is 1.85. The van der Waals surface area contributed by atoms with Crippen LogP contribution in [0.4, 0.5) is 10.5 Å². The summed E-state index contributed by atoms with van der Waals surface area (Å²) in [6.45, 7) is 7.20. The molecule has 1 saturated heterocycles. The summed E-state index contributed by atoms with van der Waals surface area (Å²) in [6.07, 6.45) is 5.11. The highest BCUT2D eigenvalue weighted by Gasteiger charge is 2.27. The number of rotatable bonds is 7. The van der Waals surface area contributed by atoms with E-state index in [1.807, 2.05) is 17.0 Å². The number of amides is 2. The first-order valence-corrected chi connectivity index (χ1v) is 11.3. The second-order valence-electron chi connectivity index (χ2n) is 8.70. The first-order valence-electron chi connectivity index (χ1n) is 11.3. The Hall–Kier alpha value is -2.69. The fourth-order valence-corrected chi connectivity index (χ4v) is 4.46. The molecule has 1 aliphatic heterocycles. The highest BCUT2D eigenvalue weighted by atomic mass is 16.5. The van der Waals surface area contributed by atoms with Gasteiger partial charge in [0.2, 0.25) is 0 Å². The number of urea groups is 1. The van der Waals surface area contributed by atoms with E-state index in [4.69, 9.17) is 9.47 Å². The van der Waals surface area contributed by atoms with Crippen molar-refractivity contribution in [3.05, 3.63) is 53.1 Å². The van der Waals surface area contributed by atoms with Crippen LogP contribution in [0.5, 0.6) is 11.5 Å². The Morgan fingerprint density at radius 1 is 1.13 bits per heavy atom. The molecule has 2 aromatic rings. The standard InChI is InChI=1S/C26H36N2O3/c1-18(2)22-11-8-9-19(3)25(22)27-26(29)28-16-7-6-10-21(28)14-12-20-13-15-23(30-4)24(17-20)31-5/h8-9,11,13,15,17-18,21H,6-7,10,12,14,16H2,1-5H3,(H,27,29)/t21-/m1/s1. The minimum atomic E-state index is 0.0215. The first-order chi connectivity index (χ1) is 14.9. The van der Waals surface area contributed by atoms with Gasteiger partial charge in [-0.15, -0.1) is 0 Å². The predicted molar refractivity (Wildman–Crippen MR) is 126 cm³/mol. The Bertz CT molecular complexity index is 894. The lowest BCUT2D eigenvalue weighted by Crippen LogP contribution is -2.46. The van der Waals surface area contributed by atoms with Crippen LogP contribution in [0.15, 0.2) is 36.4 Å². The summed E-state index contributed by atoms with van der Waals surface area (Å²) in [7, 11) is 3.31. The zero-order valence-electron chi connectivity index (χ0n) is 19.5. The normalized spacial score (nSPS) is 16.3. The van der Waals surface area contributed by atoms with Crippen molar-refractivity contribution in [2.75, 3.05) is 26.1 Å². The van der Waals surface area contributed by atoms with Crippen molar-refractivity contribution in [1.82, 2.24) is 4.90 Å². The number of benzene rings is 2. The summed E-state index contributed by atoms with van der Waals surface area (Å²) in [5, 5.41) is 3.24. The molecule has 0 bridgehead atoms. The van der Waals surface area contributed by atoms with E-state index in [9.17, 15) is 4.79 Å². The number of piperidine rings is 1. The fourth-order valence-electron chi connectivity index (χ4n) is 4.46. The minimum absolute atomic E-state index is 0.0215. The molecule has 0 aliphatic carbocycles. The SMILES string of the molecule is COc1ccc(CC[C@H]2CCCCN2C(=O)Nc2c(C)cccc2C(C)C)cc1OC. The molecule has 31 heavy (non-hydrogen) atoms. The molecule has 0 saturated carbocycles. The van der Waals surface area contributed by atoms with Crippen molar-refractivity contribution >= 4 is 11.7 Å². The molecule has 1 aliphatic rings. The summed E-state index contributed by atoms with van der Waals surface area (Å²) in [5.41, 5.74) is 4.46. The lowest BCUT2D eigenvalue weighted by molar-refractivity contribution is 0.158. The van der Waals surface area contributed by atoms with E-state index in [1.165, 1.54) is 17.5 Å². The maximum Gasteiger partial charge on any atom is 0.322 e. The van der Waals surface area contributed by atoms with Gasteiger partial charge in [0.1, 0.15) is 0 Å². The van der Waals surface area contributed by atoms with Crippen LogP contribution >= 0.6 is 0 Å². The van der Waals surface area contributed by atoms with Crippen LogP contribution in [0, 0.1) is 6.92 Å². The number of nitrogens with zero attached hydrogens (tertiary/aromatic N) is 1. The number of hydrogen-bond acceptors (Lipinski definition) is 3. The second-order valence-corrected chi connectivity index (χ2v) is 8.70. The predicted octanol–water partition coefficient (Wildman–Crippen LogP) is 6.15. The van der Waals surface area contributed by atoms with Gasteiger partial charge in [-0.3, -0.25) is 0 Å². The molecule has 3 rings (SSSR count). The number of ether oxygens (including phenoxy) is 2. The molecule has 0 unspecified atom stereocenters. The molecule has 5 heteroatoms. The van der Waals surface area contributed by atoms with Crippen LogP contribution in [-0.4, -0.2) is 37.7 Å². The molecule has 0 radical (unpaired) electrons. The molecular weight excluding hydrogens is 388 g/mol. The molecule has 2 aromatic carbocycles. The zero-order valence-corrected chi connectivity index (χ0v) is 19.5. The number of hydrogen-bond donors (Lipinski definition) is 1. The monoisotopic (exact) mass is 424 g/mol. The largest absolute Gasteiger partial charge is 0.493 e. The third-order valence-corrected chi connectivity index (χ3v) is 6.26. The van der Waals surface area contributed by atoms with Gasteiger partial charge < -0.3 is 19.7 Å². The molecule has 168 valence electrons. The third kappa shape index (κ3) is 5.52. The molecule has 2 amide bonds. The van der Waals surface area contributed by atoms with Crippen LogP contribution in [-0.2, 0) is 6.42 Å². The van der Waals surface area contributed by atoms with Gasteiger partial charge in [-0.1, -0.05) is 38.1 Å². The number of carbonyl (C=O) groups excluding carboxylic acids is 1. The van der Waals surface area contributed by atoms with Gasteiger partial charge in [-0.05, 0) is 73.8 Å². The Labute approximate surface area is 186 Å². The van der Waals surface area contributed by atoms with Crippen molar-refractivity contribution in [3.8, 4) is 11.5 Å². The third-order valence-electron chi connectivity index (χ3n) is 6.26. The van der Waals surface area contributed by atoms with Gasteiger partial charge in [0.05, 0.1) is 14.2 Å². The molecule has 1 N–H and O–H groups in total. The highest BCUT2D eigenvalue weighted by Crippen LogP contribution is 2.31. The number of methoxy groups -OCH3 is 2. The molecule has 0 spiro atoms. The number of carbonyl (C=O) groups is 1. The van der Waals surface area contributed by atoms with Gasteiger partial charge in [-0.2, -0.15) is 0 Å². The summed E-state index contributed by atoms with van der Waals surface area (Å²) in [4.78, 5) is 15.3. The summed E-state index contributed by atoms with van der Waals surface area (Å²) < 4.78 is 10.8. The molecule has 1 atom stereocenters. The van der Waals surface area contributed by atoms with Crippen molar-refractivity contribution in [2.24, 2.45) is 0 Å². The van der Waals surface area contributed by atoms with Crippen molar-refractivity contribution in [3.63, 3.8) is 0 Å². The van der Waals surface area contributed by atoms with Crippen LogP contribution in [0.2, 0.25) is 0 Å². The zero-order chi connectivity index (χ0) is 22.4. The van der Waals surface area contributed by atoms with Gasteiger partial charge in [0.25, 0.3) is 0 Å². The fraction of sp³-hybridized carbons (Fsp3) is 0.500. The van der Waals surface area contributed by atoms with E-state index in [2.05, 4.69) is 50.4 Å². The van der Waals surface area contributed by atoms with Crippen molar-refractivity contribution in [1.29, 1.82) is 0 Å². The van der Waals surface area contributed by atoms with Crippen LogP contribution < -0.4 is 14.8 Å². The average Bonchev–Trinajstić information content (AvgIpc) is 2.78. The molecular formula is C26H36N2O3. The van der Waals surface area contributed by atoms with E-state index in [0.717, 1.165) is 55.0 Å². The quantitative estimate of drug-likeness (QED) is 0.579. The molecule has 1 heterocycles. The van der Waals surface area contributed by atoms with E-state index in [1.54, 1.807) is 14.2 Å². The smallest absolute Gasteiger partial charge is 0.322 e. The molecule has 0 aromatic heterocycles. The van der Waals surface area contributed by atoms with E-state index in [-0.39, 0.29) is 12.1 Å². The Morgan fingerprint density at radius 3 is 2.61 bits per heavy atom. The van der Waals surface area contributed by atoms with Crippen LogP contribution in [0.25, 0.3) is 0 Å². The number of likely N-dealkylation sites (tertiary alicyclic amines) is 1. The number of anilines is 1. The number of nitrogens with one attached hydrogen (secondary N) is 1. The van der Waals surface area contributed by atoms with Gasteiger partial charge in [-0.25, -0.2) is 4.79 Å². The Kier molecular flexibility index (Phi) is 7.83. The van der Waals surface area contributed by atoms with Crippen LogP contribution in [0.1, 0.15) is 62.1 Å². The Balaban J connectivity index is 1.70. The van der Waals surface area contributed by atoms with Gasteiger partial charge in [0, 0.05) is 18.3 Å². The highest BCUT2D eigenvalue weighted by molar-refractivity contribution is 5.91. The number of para-hydroxylation sites is 1. The van der Waals surface area contributed by atoms with Gasteiger partial charge >= 0.3 is 6.03 Å². The maximum atomic E-state index is 13.3. The first kappa shape index (κ1) is 23.0. The summed E-state index contributed by atoms with van der Waals surface area (Å²) >= 11 is 0. The number of aryl methyl sites for hydroxylation is 2. The van der Waals surface area contributed by atoms with Crippen molar-refractivity contribution in [2.45, 2.75) is 64.8 Å². The molecule has 1 fully saturated rings. The second kappa shape index (κ2) is 10.6. The summed E-state index contributed by atoms with van der Waals surface area (Å²) in [6, 6.07) is 12.6. The lowest BCUT2D eigenvalue weighted by atomic mass is 9.95. The van der Waals surface area contributed by atoms with E-state index >= 15 is 0 Å². The maximum absolute atomic E-state index is 13.3. The lowest BCUT2D eigenvalue weighted by Gasteiger charge is -2.36. The molecule has 5 nitrogen and oxygen atoms in total. The minimum Gasteiger partial charge on any atom is -0.493 e. The van der Waals surface area contributed by atoms with E-state index in [0.29, 0.717) is 5.92 Å². The van der Waals surface area contributed by atoms with Crippen molar-refractivity contribution < 1.29 is 14.3 Å². The van der Waals surface area contributed by atoms with Gasteiger partial charge in [0.15, 0.2) is 11.5 Å².